The summed E-state index contributed by atoms with van der Waals surface area (Å²) in [5.41, 5.74) is 5.51. The van der Waals surface area contributed by atoms with E-state index in [0.717, 1.165) is 0 Å². The van der Waals surface area contributed by atoms with Crippen LogP contribution in [0.1, 0.15) is 25.3 Å². The number of nitrogens with two attached hydrogens (primary N) is 1. The number of carbonyl (C=O) groups is 1. The van der Waals surface area contributed by atoms with Crippen LogP contribution in [-0.2, 0) is 4.79 Å². The van der Waals surface area contributed by atoms with Crippen molar-refractivity contribution in [3.63, 3.8) is 0 Å². The van der Waals surface area contributed by atoms with Gasteiger partial charge in [0.25, 0.3) is 0 Å². The third-order valence-corrected chi connectivity index (χ3v) is 3.17. The molecule has 8 heteroatoms. The quantitative estimate of drug-likeness (QED) is 0.892. The summed E-state index contributed by atoms with van der Waals surface area (Å²) in [5, 5.41) is 4.07. The Morgan fingerprint density at radius 1 is 1.42 bits per heavy atom. The van der Waals surface area contributed by atoms with Gasteiger partial charge in [-0.1, -0.05) is 0 Å². The lowest BCUT2D eigenvalue weighted by Crippen LogP contribution is -2.40. The van der Waals surface area contributed by atoms with Crippen LogP contribution in [0.25, 0.3) is 0 Å². The summed E-state index contributed by atoms with van der Waals surface area (Å²) in [6.07, 6.45) is -2.90. The molecule has 1 aliphatic rings. The molecule has 0 atom stereocenters. The predicted molar refractivity (Wildman–Crippen MR) is 62.2 cm³/mol. The molecule has 1 fully saturated rings. The van der Waals surface area contributed by atoms with E-state index in [4.69, 9.17) is 5.73 Å². The molecule has 1 saturated heterocycles. The second-order valence-electron chi connectivity index (χ2n) is 4.62. The van der Waals surface area contributed by atoms with Crippen LogP contribution in [0.3, 0.4) is 0 Å². The Bertz CT molecular complexity index is 449. The maximum atomic E-state index is 12.1. The van der Waals surface area contributed by atoms with Crippen molar-refractivity contribution < 1.29 is 18.0 Å². The van der Waals surface area contributed by atoms with Gasteiger partial charge >= 0.3 is 6.18 Å². The molecule has 1 amide bonds. The van der Waals surface area contributed by atoms with E-state index in [1.165, 1.54) is 4.90 Å². The molecule has 1 aromatic heterocycles. The molecular formula is C11H15F3N4O. The summed E-state index contributed by atoms with van der Waals surface area (Å²) in [4.78, 5) is 12.7. The highest BCUT2D eigenvalue weighted by molar-refractivity contribution is 5.76. The van der Waals surface area contributed by atoms with Gasteiger partial charge in [-0.25, -0.2) is 0 Å². The minimum absolute atomic E-state index is 0.0900. The lowest BCUT2D eigenvalue weighted by molar-refractivity contribution is -0.162. The third kappa shape index (κ3) is 3.62. The van der Waals surface area contributed by atoms with Crippen LogP contribution in [0.4, 0.5) is 19.0 Å². The molecule has 2 heterocycles. The topological polar surface area (TPSA) is 64.2 Å². The summed E-state index contributed by atoms with van der Waals surface area (Å²) in [5.74, 6) is -0.443. The average Bonchev–Trinajstić information content (AvgIpc) is 2.74. The highest BCUT2D eigenvalue weighted by Crippen LogP contribution is 2.25. The average molecular weight is 276 g/mol. The van der Waals surface area contributed by atoms with Crippen LogP contribution in [0.15, 0.2) is 12.3 Å². The lowest BCUT2D eigenvalue weighted by Gasteiger charge is -2.32. The summed E-state index contributed by atoms with van der Waals surface area (Å²) in [6, 6.07) is 1.76. The van der Waals surface area contributed by atoms with Crippen LogP contribution in [0.5, 0.6) is 0 Å². The van der Waals surface area contributed by atoms with E-state index in [9.17, 15) is 18.0 Å². The van der Waals surface area contributed by atoms with Gasteiger partial charge in [-0.15, -0.1) is 0 Å². The molecule has 0 bridgehead atoms. The SMILES string of the molecule is Nc1ccn(C2CCN(C(=O)CC(F)(F)F)CC2)n1. The molecule has 0 unspecified atom stereocenters. The predicted octanol–water partition coefficient (Wildman–Crippen LogP) is 1.58. The van der Waals surface area contributed by atoms with E-state index in [0.29, 0.717) is 31.7 Å². The van der Waals surface area contributed by atoms with Gasteiger partial charge in [0.1, 0.15) is 12.2 Å². The molecular weight excluding hydrogens is 261 g/mol. The molecule has 2 N–H and O–H groups in total. The van der Waals surface area contributed by atoms with Crippen LogP contribution in [0.2, 0.25) is 0 Å². The van der Waals surface area contributed by atoms with E-state index in [2.05, 4.69) is 5.10 Å². The first kappa shape index (κ1) is 13.7. The number of hydrogen-bond donors (Lipinski definition) is 1. The first-order chi connectivity index (χ1) is 8.85. The van der Waals surface area contributed by atoms with Gasteiger partial charge in [0.05, 0.1) is 6.04 Å². The van der Waals surface area contributed by atoms with E-state index < -0.39 is 18.5 Å². The van der Waals surface area contributed by atoms with E-state index in [1.54, 1.807) is 16.9 Å². The number of halogens is 3. The van der Waals surface area contributed by atoms with Crippen LogP contribution < -0.4 is 5.73 Å². The number of likely N-dealkylation sites (tertiary alicyclic amines) is 1. The van der Waals surface area contributed by atoms with Gasteiger partial charge in [-0.05, 0) is 18.9 Å². The number of carbonyl (C=O) groups excluding carboxylic acids is 1. The van der Waals surface area contributed by atoms with Crippen molar-refractivity contribution in [2.45, 2.75) is 31.5 Å². The fourth-order valence-corrected chi connectivity index (χ4v) is 2.22. The zero-order valence-corrected chi connectivity index (χ0v) is 10.2. The number of aromatic nitrogens is 2. The van der Waals surface area contributed by atoms with Crippen molar-refractivity contribution in [1.29, 1.82) is 0 Å². The van der Waals surface area contributed by atoms with E-state index in [-0.39, 0.29) is 6.04 Å². The number of nitrogens with zero attached hydrogens (tertiary/aromatic N) is 3. The molecule has 0 aliphatic carbocycles. The van der Waals surface area contributed by atoms with Crippen molar-refractivity contribution in [3.8, 4) is 0 Å². The molecule has 5 nitrogen and oxygen atoms in total. The van der Waals surface area contributed by atoms with Crippen LogP contribution in [-0.4, -0.2) is 39.9 Å². The Hall–Kier alpha value is -1.73. The van der Waals surface area contributed by atoms with Gasteiger partial charge < -0.3 is 10.6 Å². The molecule has 0 saturated carbocycles. The summed E-state index contributed by atoms with van der Waals surface area (Å²) >= 11 is 0. The first-order valence-electron chi connectivity index (χ1n) is 6.00. The monoisotopic (exact) mass is 276 g/mol. The maximum absolute atomic E-state index is 12.1. The van der Waals surface area contributed by atoms with Crippen LogP contribution in [0, 0.1) is 0 Å². The Morgan fingerprint density at radius 2 is 2.05 bits per heavy atom. The molecule has 1 aromatic rings. The zero-order valence-electron chi connectivity index (χ0n) is 10.2. The second kappa shape index (κ2) is 5.10. The Labute approximate surface area is 108 Å². The van der Waals surface area contributed by atoms with Crippen LogP contribution >= 0.6 is 0 Å². The zero-order chi connectivity index (χ0) is 14.0. The molecule has 2 rings (SSSR count). The minimum atomic E-state index is -4.44. The largest absolute Gasteiger partial charge is 0.397 e. The molecule has 0 radical (unpaired) electrons. The number of hydrogen-bond acceptors (Lipinski definition) is 3. The minimum Gasteiger partial charge on any atom is -0.382 e. The number of rotatable bonds is 2. The van der Waals surface area contributed by atoms with Crippen molar-refractivity contribution in [2.24, 2.45) is 0 Å². The summed E-state index contributed by atoms with van der Waals surface area (Å²) in [7, 11) is 0. The molecule has 19 heavy (non-hydrogen) atoms. The normalized spacial score (nSPS) is 17.7. The highest BCUT2D eigenvalue weighted by Gasteiger charge is 2.34. The number of alkyl halides is 3. The van der Waals surface area contributed by atoms with E-state index in [1.807, 2.05) is 0 Å². The van der Waals surface area contributed by atoms with Crippen molar-refractivity contribution in [2.75, 3.05) is 18.8 Å². The van der Waals surface area contributed by atoms with Crippen molar-refractivity contribution in [1.82, 2.24) is 14.7 Å². The number of amides is 1. The maximum Gasteiger partial charge on any atom is 0.397 e. The molecule has 106 valence electrons. The number of nitrogen functional groups attached to an aromatic ring is 1. The third-order valence-electron chi connectivity index (χ3n) is 3.17. The first-order valence-corrected chi connectivity index (χ1v) is 6.00. The Kier molecular flexibility index (Phi) is 3.68. The second-order valence-corrected chi connectivity index (χ2v) is 4.62. The Morgan fingerprint density at radius 3 is 2.53 bits per heavy atom. The summed E-state index contributed by atoms with van der Waals surface area (Å²) in [6.45, 7) is 0.638. The van der Waals surface area contributed by atoms with Gasteiger partial charge in [0, 0.05) is 19.3 Å². The number of anilines is 1. The molecule has 1 aliphatic heterocycles. The summed E-state index contributed by atoms with van der Waals surface area (Å²) < 4.78 is 38.1. The van der Waals surface area contributed by atoms with Gasteiger partial charge in [0.2, 0.25) is 5.91 Å². The molecule has 0 aromatic carbocycles. The smallest absolute Gasteiger partial charge is 0.382 e. The van der Waals surface area contributed by atoms with Crippen molar-refractivity contribution >= 4 is 11.7 Å². The fraction of sp³-hybridized carbons (Fsp3) is 0.636. The van der Waals surface area contributed by atoms with Gasteiger partial charge in [-0.3, -0.25) is 9.48 Å². The van der Waals surface area contributed by atoms with E-state index >= 15 is 0 Å². The van der Waals surface area contributed by atoms with Gasteiger partial charge in [0.15, 0.2) is 0 Å². The number of piperidine rings is 1. The Balaban J connectivity index is 1.87. The highest BCUT2D eigenvalue weighted by atomic mass is 19.4. The lowest BCUT2D eigenvalue weighted by atomic mass is 10.0. The fourth-order valence-electron chi connectivity index (χ4n) is 2.22. The molecule has 0 spiro atoms. The van der Waals surface area contributed by atoms with Gasteiger partial charge in [-0.2, -0.15) is 18.3 Å². The van der Waals surface area contributed by atoms with Crippen molar-refractivity contribution in [3.05, 3.63) is 12.3 Å². The standard InChI is InChI=1S/C11H15F3N4O/c12-11(13,14)7-10(19)17-4-1-8(2-5-17)18-6-3-9(15)16-18/h3,6,8H,1-2,4-5,7H2,(H2,15,16).